The van der Waals surface area contributed by atoms with Crippen LogP contribution in [0.25, 0.3) is 0 Å². The molecule has 0 fully saturated rings. The molecule has 176 valence electrons. The number of carbonyl (C=O) groups excluding carboxylic acids is 1. The first kappa shape index (κ1) is 27.9. The number of nitrogens with one attached hydrogen (secondary N) is 3. The zero-order chi connectivity index (χ0) is 22.7. The molecule has 0 heterocycles. The predicted molar refractivity (Wildman–Crippen MR) is 143 cm³/mol. The highest BCUT2D eigenvalue weighted by molar-refractivity contribution is 14.0. The summed E-state index contributed by atoms with van der Waals surface area (Å²) in [7, 11) is 1.75. The molecule has 0 aromatic heterocycles. The van der Waals surface area contributed by atoms with E-state index in [9.17, 15) is 4.79 Å². The Hall–Kier alpha value is -2.13. The van der Waals surface area contributed by atoms with Crippen LogP contribution in [0.3, 0.4) is 0 Å². The molecule has 0 aliphatic rings. The van der Waals surface area contributed by atoms with Crippen molar-refractivity contribution in [2.24, 2.45) is 4.99 Å². The molecule has 2 aromatic rings. The highest BCUT2D eigenvalue weighted by Crippen LogP contribution is 2.15. The molecular weight excluding hydrogens is 515 g/mol. The minimum Gasteiger partial charge on any atom is -0.374 e. The molecule has 0 aliphatic carbocycles. The molecule has 3 N–H and O–H groups in total. The molecule has 0 saturated heterocycles. The summed E-state index contributed by atoms with van der Waals surface area (Å²) in [5.74, 6) is 0.655. The topological polar surface area (TPSA) is 74.8 Å². The number of rotatable bonds is 9. The standard InChI is InChI=1S/C25H36N4O2.HI/c1-19(21-12-7-6-8-13-21)31-16-10-15-27-24(26-5)28-18-20-11-9-14-22(17-20)23(30)29-25(2,3)4;/h6-9,11-14,17,19H,10,15-16,18H2,1-5H3,(H,29,30)(H2,26,27,28);1H. The molecule has 0 bridgehead atoms. The van der Waals surface area contributed by atoms with Crippen LogP contribution < -0.4 is 16.0 Å². The highest BCUT2D eigenvalue weighted by Gasteiger charge is 2.15. The van der Waals surface area contributed by atoms with Crippen LogP contribution >= 0.6 is 24.0 Å². The van der Waals surface area contributed by atoms with E-state index in [4.69, 9.17) is 4.74 Å². The number of guanidine groups is 1. The summed E-state index contributed by atoms with van der Waals surface area (Å²) in [5, 5.41) is 9.58. The van der Waals surface area contributed by atoms with E-state index in [1.807, 2.05) is 63.2 Å². The lowest BCUT2D eigenvalue weighted by Gasteiger charge is -2.20. The van der Waals surface area contributed by atoms with Crippen molar-refractivity contribution in [2.45, 2.75) is 52.3 Å². The molecule has 0 radical (unpaired) electrons. The molecule has 2 aromatic carbocycles. The van der Waals surface area contributed by atoms with Gasteiger partial charge in [-0.05, 0) is 57.4 Å². The van der Waals surface area contributed by atoms with E-state index in [1.54, 1.807) is 7.05 Å². The van der Waals surface area contributed by atoms with Crippen molar-refractivity contribution < 1.29 is 9.53 Å². The molecular formula is C25H37IN4O2. The van der Waals surface area contributed by atoms with Gasteiger partial charge >= 0.3 is 0 Å². The summed E-state index contributed by atoms with van der Waals surface area (Å²) in [6.45, 7) is 10.00. The van der Waals surface area contributed by atoms with E-state index < -0.39 is 0 Å². The normalized spacial score (nSPS) is 12.5. The lowest BCUT2D eigenvalue weighted by Crippen LogP contribution is -2.40. The van der Waals surface area contributed by atoms with Crippen molar-refractivity contribution in [1.82, 2.24) is 16.0 Å². The number of benzene rings is 2. The van der Waals surface area contributed by atoms with Crippen molar-refractivity contribution >= 4 is 35.8 Å². The third-order valence-electron chi connectivity index (χ3n) is 4.61. The van der Waals surface area contributed by atoms with Gasteiger partial charge in [-0.3, -0.25) is 9.79 Å². The fourth-order valence-corrected chi connectivity index (χ4v) is 3.00. The third-order valence-corrected chi connectivity index (χ3v) is 4.61. The van der Waals surface area contributed by atoms with E-state index in [2.05, 4.69) is 40.0 Å². The molecule has 7 heteroatoms. The van der Waals surface area contributed by atoms with Gasteiger partial charge in [-0.2, -0.15) is 0 Å². The number of halogens is 1. The maximum absolute atomic E-state index is 12.4. The number of nitrogens with zero attached hydrogens (tertiary/aromatic N) is 1. The highest BCUT2D eigenvalue weighted by atomic mass is 127. The van der Waals surface area contributed by atoms with Crippen LogP contribution in [0.2, 0.25) is 0 Å². The number of ether oxygens (including phenoxy) is 1. The molecule has 6 nitrogen and oxygen atoms in total. The van der Waals surface area contributed by atoms with Gasteiger partial charge in [0.25, 0.3) is 5.91 Å². The molecule has 0 spiro atoms. The van der Waals surface area contributed by atoms with E-state index in [-0.39, 0.29) is 41.5 Å². The molecule has 1 unspecified atom stereocenters. The van der Waals surface area contributed by atoms with Crippen molar-refractivity contribution in [2.75, 3.05) is 20.2 Å². The minimum atomic E-state index is -0.264. The Morgan fingerprint density at radius 3 is 2.44 bits per heavy atom. The van der Waals surface area contributed by atoms with Gasteiger partial charge in [0.2, 0.25) is 0 Å². The Kier molecular flexibility index (Phi) is 12.3. The number of hydrogen-bond donors (Lipinski definition) is 3. The van der Waals surface area contributed by atoms with Crippen LogP contribution in [0.1, 0.15) is 61.7 Å². The van der Waals surface area contributed by atoms with Crippen molar-refractivity contribution in [3.8, 4) is 0 Å². The predicted octanol–water partition coefficient (Wildman–Crippen LogP) is 4.67. The van der Waals surface area contributed by atoms with Crippen LogP contribution in [0, 0.1) is 0 Å². The average Bonchev–Trinajstić information content (AvgIpc) is 2.75. The first-order valence-corrected chi connectivity index (χ1v) is 10.8. The first-order valence-electron chi connectivity index (χ1n) is 10.8. The quantitative estimate of drug-likeness (QED) is 0.183. The summed E-state index contributed by atoms with van der Waals surface area (Å²) < 4.78 is 5.90. The van der Waals surface area contributed by atoms with Crippen LogP contribution in [-0.4, -0.2) is 37.6 Å². The zero-order valence-corrected chi connectivity index (χ0v) is 22.1. The van der Waals surface area contributed by atoms with Gasteiger partial charge in [-0.25, -0.2) is 0 Å². The third kappa shape index (κ3) is 10.5. The Balaban J connectivity index is 0.00000512. The number of aliphatic imine (C=N–C) groups is 1. The lowest BCUT2D eigenvalue weighted by molar-refractivity contribution is 0.0646. The maximum Gasteiger partial charge on any atom is 0.251 e. The van der Waals surface area contributed by atoms with E-state index >= 15 is 0 Å². The molecule has 0 saturated carbocycles. The first-order chi connectivity index (χ1) is 14.8. The lowest BCUT2D eigenvalue weighted by atomic mass is 10.1. The summed E-state index contributed by atoms with van der Waals surface area (Å²) >= 11 is 0. The van der Waals surface area contributed by atoms with Gasteiger partial charge < -0.3 is 20.7 Å². The van der Waals surface area contributed by atoms with Gasteiger partial charge in [0.1, 0.15) is 0 Å². The van der Waals surface area contributed by atoms with Crippen LogP contribution in [-0.2, 0) is 11.3 Å². The molecule has 2 rings (SSSR count). The fraction of sp³-hybridized carbons (Fsp3) is 0.440. The van der Waals surface area contributed by atoms with Crippen LogP contribution in [0.15, 0.2) is 59.6 Å². The smallest absolute Gasteiger partial charge is 0.251 e. The Morgan fingerprint density at radius 1 is 1.06 bits per heavy atom. The minimum absolute atomic E-state index is 0. The van der Waals surface area contributed by atoms with E-state index in [0.29, 0.717) is 18.7 Å². The largest absolute Gasteiger partial charge is 0.374 e. The second-order valence-corrected chi connectivity index (χ2v) is 8.53. The summed E-state index contributed by atoms with van der Waals surface area (Å²) in [6, 6.07) is 17.8. The Labute approximate surface area is 209 Å². The van der Waals surface area contributed by atoms with Crippen molar-refractivity contribution in [3.05, 3.63) is 71.3 Å². The average molecular weight is 553 g/mol. The van der Waals surface area contributed by atoms with Gasteiger partial charge in [0, 0.05) is 37.8 Å². The second-order valence-electron chi connectivity index (χ2n) is 8.53. The van der Waals surface area contributed by atoms with E-state index in [1.165, 1.54) is 5.56 Å². The van der Waals surface area contributed by atoms with Gasteiger partial charge in [-0.1, -0.05) is 42.5 Å². The molecule has 1 amide bonds. The van der Waals surface area contributed by atoms with Gasteiger partial charge in [0.05, 0.1) is 6.10 Å². The van der Waals surface area contributed by atoms with Crippen LogP contribution in [0.4, 0.5) is 0 Å². The van der Waals surface area contributed by atoms with Gasteiger partial charge in [0.15, 0.2) is 5.96 Å². The summed E-state index contributed by atoms with van der Waals surface area (Å²) in [5.41, 5.74) is 2.60. The number of hydrogen-bond acceptors (Lipinski definition) is 3. The summed E-state index contributed by atoms with van der Waals surface area (Å²) in [4.78, 5) is 16.6. The monoisotopic (exact) mass is 552 g/mol. The zero-order valence-electron chi connectivity index (χ0n) is 19.8. The summed E-state index contributed by atoms with van der Waals surface area (Å²) in [6.07, 6.45) is 0.960. The molecule has 1 atom stereocenters. The van der Waals surface area contributed by atoms with Gasteiger partial charge in [-0.15, -0.1) is 24.0 Å². The second kappa shape index (κ2) is 14.1. The Morgan fingerprint density at radius 2 is 1.78 bits per heavy atom. The number of carbonyl (C=O) groups is 1. The van der Waals surface area contributed by atoms with Crippen molar-refractivity contribution in [3.63, 3.8) is 0 Å². The van der Waals surface area contributed by atoms with E-state index in [0.717, 1.165) is 24.5 Å². The number of amides is 1. The molecule has 32 heavy (non-hydrogen) atoms. The molecule has 0 aliphatic heterocycles. The fourth-order valence-electron chi connectivity index (χ4n) is 3.00. The Bertz CT molecular complexity index is 851. The van der Waals surface area contributed by atoms with Crippen molar-refractivity contribution in [1.29, 1.82) is 0 Å². The van der Waals surface area contributed by atoms with Crippen LogP contribution in [0.5, 0.6) is 0 Å². The maximum atomic E-state index is 12.4. The SMILES string of the molecule is CN=C(NCCCOC(C)c1ccccc1)NCc1cccc(C(=O)NC(C)(C)C)c1.I.